The normalized spacial score (nSPS) is 22.7. The summed E-state index contributed by atoms with van der Waals surface area (Å²) in [4.78, 5) is 0. The minimum atomic E-state index is -0.159. The predicted molar refractivity (Wildman–Crippen MR) is 69.7 cm³/mol. The second kappa shape index (κ2) is 6.18. The first-order valence-corrected chi connectivity index (χ1v) is 6.34. The lowest BCUT2D eigenvalue weighted by Gasteiger charge is -2.26. The van der Waals surface area contributed by atoms with Crippen LogP contribution < -0.4 is 10.5 Å². The van der Waals surface area contributed by atoms with Gasteiger partial charge in [-0.15, -0.1) is 0 Å². The monoisotopic (exact) mass is 251 g/mol. The van der Waals surface area contributed by atoms with Gasteiger partial charge in [0.15, 0.2) is 0 Å². The van der Waals surface area contributed by atoms with Crippen LogP contribution in [-0.4, -0.2) is 32.5 Å². The van der Waals surface area contributed by atoms with Crippen molar-refractivity contribution in [3.8, 4) is 5.75 Å². The van der Waals surface area contributed by atoms with E-state index in [4.69, 9.17) is 19.9 Å². The quantitative estimate of drug-likeness (QED) is 0.868. The Hall–Kier alpha value is -1.10. The van der Waals surface area contributed by atoms with E-state index in [0.29, 0.717) is 6.61 Å². The van der Waals surface area contributed by atoms with Crippen LogP contribution >= 0.6 is 0 Å². The fourth-order valence-corrected chi connectivity index (χ4v) is 2.21. The number of ether oxygens (including phenoxy) is 3. The number of hydrogen-bond acceptors (Lipinski definition) is 4. The third-order valence-corrected chi connectivity index (χ3v) is 3.15. The second-order valence-electron chi connectivity index (χ2n) is 4.64. The van der Waals surface area contributed by atoms with Crippen LogP contribution in [-0.2, 0) is 9.47 Å². The van der Waals surface area contributed by atoms with E-state index >= 15 is 0 Å². The molecule has 4 heteroatoms. The van der Waals surface area contributed by atoms with Gasteiger partial charge in [0.2, 0.25) is 0 Å². The van der Waals surface area contributed by atoms with Gasteiger partial charge in [-0.2, -0.15) is 0 Å². The van der Waals surface area contributed by atoms with Gasteiger partial charge >= 0.3 is 0 Å². The summed E-state index contributed by atoms with van der Waals surface area (Å²) in [6, 6.07) is 7.75. The number of benzene rings is 1. The maximum atomic E-state index is 6.07. The van der Waals surface area contributed by atoms with Crippen molar-refractivity contribution in [3.05, 3.63) is 29.8 Å². The topological polar surface area (TPSA) is 53.7 Å². The molecule has 0 aliphatic carbocycles. The summed E-state index contributed by atoms with van der Waals surface area (Å²) >= 11 is 0. The van der Waals surface area contributed by atoms with E-state index in [1.807, 2.05) is 31.2 Å². The number of rotatable bonds is 5. The summed E-state index contributed by atoms with van der Waals surface area (Å²) in [5, 5.41) is 0. The molecule has 18 heavy (non-hydrogen) atoms. The van der Waals surface area contributed by atoms with Crippen molar-refractivity contribution >= 4 is 0 Å². The maximum absolute atomic E-state index is 6.07. The van der Waals surface area contributed by atoms with Crippen molar-refractivity contribution in [1.82, 2.24) is 0 Å². The molecule has 3 unspecified atom stereocenters. The van der Waals surface area contributed by atoms with Gasteiger partial charge in [0.25, 0.3) is 0 Å². The van der Waals surface area contributed by atoms with Gasteiger partial charge in [-0.3, -0.25) is 0 Å². The molecule has 2 N–H and O–H groups in total. The van der Waals surface area contributed by atoms with E-state index in [1.165, 1.54) is 0 Å². The zero-order chi connectivity index (χ0) is 13.0. The summed E-state index contributed by atoms with van der Waals surface area (Å²) < 4.78 is 16.8. The van der Waals surface area contributed by atoms with E-state index in [1.54, 1.807) is 7.11 Å². The van der Waals surface area contributed by atoms with Crippen molar-refractivity contribution < 1.29 is 14.2 Å². The Morgan fingerprint density at radius 2 is 2.17 bits per heavy atom. The third kappa shape index (κ3) is 3.02. The van der Waals surface area contributed by atoms with Crippen LogP contribution in [0.25, 0.3) is 0 Å². The molecule has 1 saturated heterocycles. The van der Waals surface area contributed by atoms with E-state index < -0.39 is 0 Å². The van der Waals surface area contributed by atoms with E-state index in [9.17, 15) is 0 Å². The van der Waals surface area contributed by atoms with Gasteiger partial charge in [-0.05, 0) is 19.4 Å². The van der Waals surface area contributed by atoms with E-state index in [-0.39, 0.29) is 18.2 Å². The molecule has 0 bridgehead atoms. The minimum Gasteiger partial charge on any atom is -0.496 e. The molecule has 0 spiro atoms. The molecule has 4 nitrogen and oxygen atoms in total. The summed E-state index contributed by atoms with van der Waals surface area (Å²) in [6.07, 6.45) is 0.900. The largest absolute Gasteiger partial charge is 0.496 e. The first-order valence-electron chi connectivity index (χ1n) is 6.34. The average molecular weight is 251 g/mol. The highest BCUT2D eigenvalue weighted by Crippen LogP contribution is 2.31. The van der Waals surface area contributed by atoms with Crippen molar-refractivity contribution in [2.75, 3.05) is 20.3 Å². The lowest BCUT2D eigenvalue weighted by molar-refractivity contribution is -0.0278. The first-order chi connectivity index (χ1) is 8.72. The highest BCUT2D eigenvalue weighted by molar-refractivity contribution is 5.35. The van der Waals surface area contributed by atoms with Crippen LogP contribution in [0.3, 0.4) is 0 Å². The Morgan fingerprint density at radius 3 is 2.78 bits per heavy atom. The zero-order valence-corrected chi connectivity index (χ0v) is 11.0. The molecule has 3 atom stereocenters. The molecular weight excluding hydrogens is 230 g/mol. The molecule has 100 valence electrons. The van der Waals surface area contributed by atoms with E-state index in [0.717, 1.165) is 24.3 Å². The molecule has 1 heterocycles. The SMILES string of the molecule is COc1ccccc1C(OC1CCOC1)C(C)N. The van der Waals surface area contributed by atoms with Crippen molar-refractivity contribution in [2.24, 2.45) is 5.73 Å². The molecule has 1 aromatic rings. The molecule has 0 radical (unpaired) electrons. The van der Waals surface area contributed by atoms with Gasteiger partial charge in [0.1, 0.15) is 11.9 Å². The van der Waals surface area contributed by atoms with Gasteiger partial charge < -0.3 is 19.9 Å². The smallest absolute Gasteiger partial charge is 0.124 e. The van der Waals surface area contributed by atoms with Gasteiger partial charge in [0.05, 0.1) is 19.8 Å². The van der Waals surface area contributed by atoms with E-state index in [2.05, 4.69) is 0 Å². The summed E-state index contributed by atoms with van der Waals surface area (Å²) in [7, 11) is 1.66. The summed E-state index contributed by atoms with van der Waals surface area (Å²) in [5.41, 5.74) is 7.05. The molecule has 0 aromatic heterocycles. The van der Waals surface area contributed by atoms with Gasteiger partial charge in [-0.1, -0.05) is 18.2 Å². The highest BCUT2D eigenvalue weighted by atomic mass is 16.6. The Labute approximate surface area is 108 Å². The summed E-state index contributed by atoms with van der Waals surface area (Å²) in [6.45, 7) is 3.37. The predicted octanol–water partition coefficient (Wildman–Crippen LogP) is 1.89. The molecule has 0 saturated carbocycles. The molecule has 1 aromatic carbocycles. The fraction of sp³-hybridized carbons (Fsp3) is 0.571. The second-order valence-corrected chi connectivity index (χ2v) is 4.64. The Bertz CT molecular complexity index is 375. The Balaban J connectivity index is 2.17. The van der Waals surface area contributed by atoms with Crippen LogP contribution in [0.15, 0.2) is 24.3 Å². The Morgan fingerprint density at radius 1 is 1.39 bits per heavy atom. The molecule has 1 fully saturated rings. The van der Waals surface area contributed by atoms with Crippen LogP contribution in [0.5, 0.6) is 5.75 Å². The van der Waals surface area contributed by atoms with Crippen LogP contribution in [0, 0.1) is 0 Å². The molecule has 1 aliphatic rings. The van der Waals surface area contributed by atoms with Gasteiger partial charge in [0, 0.05) is 18.2 Å². The zero-order valence-electron chi connectivity index (χ0n) is 11.0. The fourth-order valence-electron chi connectivity index (χ4n) is 2.21. The van der Waals surface area contributed by atoms with Crippen molar-refractivity contribution in [3.63, 3.8) is 0 Å². The van der Waals surface area contributed by atoms with Crippen LogP contribution in [0.4, 0.5) is 0 Å². The molecular formula is C14H21NO3. The van der Waals surface area contributed by atoms with Crippen LogP contribution in [0.1, 0.15) is 25.0 Å². The number of nitrogens with two attached hydrogens (primary N) is 1. The first kappa shape index (κ1) is 13.3. The standard InChI is InChI=1S/C14H21NO3/c1-10(15)14(18-11-7-8-17-9-11)12-5-3-4-6-13(12)16-2/h3-6,10-11,14H,7-9,15H2,1-2H3. The highest BCUT2D eigenvalue weighted by Gasteiger charge is 2.26. The lowest BCUT2D eigenvalue weighted by atomic mass is 10.0. The number of para-hydroxylation sites is 1. The average Bonchev–Trinajstić information content (AvgIpc) is 2.88. The van der Waals surface area contributed by atoms with Gasteiger partial charge in [-0.25, -0.2) is 0 Å². The Kier molecular flexibility index (Phi) is 4.58. The molecule has 2 rings (SSSR count). The lowest BCUT2D eigenvalue weighted by Crippen LogP contribution is -2.31. The maximum Gasteiger partial charge on any atom is 0.124 e. The number of hydrogen-bond donors (Lipinski definition) is 1. The van der Waals surface area contributed by atoms with Crippen LogP contribution in [0.2, 0.25) is 0 Å². The molecule has 0 amide bonds. The van der Waals surface area contributed by atoms with Crippen molar-refractivity contribution in [1.29, 1.82) is 0 Å². The third-order valence-electron chi connectivity index (χ3n) is 3.15. The number of methoxy groups -OCH3 is 1. The minimum absolute atomic E-state index is 0.0955. The summed E-state index contributed by atoms with van der Waals surface area (Å²) in [5.74, 6) is 0.818. The van der Waals surface area contributed by atoms with Crippen molar-refractivity contribution in [2.45, 2.75) is 31.6 Å². The molecule has 1 aliphatic heterocycles.